The molecule has 0 aromatic rings. The molecule has 0 spiro atoms. The number of fused-ring (bicyclic) bond motifs is 1. The summed E-state index contributed by atoms with van der Waals surface area (Å²) in [5.41, 5.74) is 4.68. The fourth-order valence-corrected chi connectivity index (χ4v) is 2.85. The second-order valence-corrected chi connectivity index (χ2v) is 6.44. The predicted octanol–water partition coefficient (Wildman–Crippen LogP) is 4.18. The lowest BCUT2D eigenvalue weighted by atomic mass is 9.94. The van der Waals surface area contributed by atoms with Gasteiger partial charge >= 0.3 is 11.9 Å². The molecule has 0 radical (unpaired) electrons. The van der Waals surface area contributed by atoms with Crippen LogP contribution in [0.1, 0.15) is 53.4 Å². The lowest BCUT2D eigenvalue weighted by Gasteiger charge is -2.16. The molecule has 1 atom stereocenters. The van der Waals surface area contributed by atoms with Crippen LogP contribution >= 0.6 is 0 Å². The molecule has 1 aliphatic heterocycles. The Morgan fingerprint density at radius 3 is 2.79 bits per heavy atom. The molecule has 2 aliphatic rings. The molecule has 0 aromatic carbocycles. The Kier molecular flexibility index (Phi) is 6.18. The van der Waals surface area contributed by atoms with Crippen LogP contribution in [0.2, 0.25) is 0 Å². The maximum Gasteiger partial charge on any atom is 0.334 e. The molecule has 0 N–H and O–H groups in total. The zero-order chi connectivity index (χ0) is 17.7. The van der Waals surface area contributed by atoms with Gasteiger partial charge in [0.15, 0.2) is 0 Å². The molecule has 0 saturated carbocycles. The van der Waals surface area contributed by atoms with Gasteiger partial charge in [-0.15, -0.1) is 0 Å². The summed E-state index contributed by atoms with van der Waals surface area (Å²) in [7, 11) is 0. The summed E-state index contributed by atoms with van der Waals surface area (Å²) in [6, 6.07) is 0. The van der Waals surface area contributed by atoms with Crippen LogP contribution in [0.15, 0.2) is 46.1 Å². The van der Waals surface area contributed by atoms with Crippen molar-refractivity contribution in [2.24, 2.45) is 0 Å². The van der Waals surface area contributed by atoms with E-state index < -0.39 is 0 Å². The Balaban J connectivity index is 2.11. The Morgan fingerprint density at radius 1 is 1.33 bits per heavy atom. The normalized spacial score (nSPS) is 26.8. The summed E-state index contributed by atoms with van der Waals surface area (Å²) >= 11 is 0. The number of allylic oxidation sites excluding steroid dienone is 3. The topological polar surface area (TPSA) is 52.6 Å². The average molecular weight is 330 g/mol. The van der Waals surface area contributed by atoms with Gasteiger partial charge < -0.3 is 9.47 Å². The fraction of sp³-hybridized carbons (Fsp3) is 0.500. The van der Waals surface area contributed by atoms with Crippen molar-refractivity contribution in [2.45, 2.75) is 59.5 Å². The average Bonchev–Trinajstić information content (AvgIpc) is 2.82. The molecule has 0 aromatic heterocycles. The van der Waals surface area contributed by atoms with Crippen LogP contribution in [-0.4, -0.2) is 24.6 Å². The minimum absolute atomic E-state index is 0.223. The van der Waals surface area contributed by atoms with E-state index in [4.69, 9.17) is 9.47 Å². The molecule has 0 saturated heterocycles. The number of ether oxygens (including phenoxy) is 2. The van der Waals surface area contributed by atoms with Gasteiger partial charge in [0.25, 0.3) is 0 Å². The largest absolute Gasteiger partial charge is 0.458 e. The summed E-state index contributed by atoms with van der Waals surface area (Å²) in [4.78, 5) is 23.7. The van der Waals surface area contributed by atoms with E-state index in [1.165, 1.54) is 5.57 Å². The van der Waals surface area contributed by atoms with E-state index in [1.54, 1.807) is 13.0 Å². The Morgan fingerprint density at radius 2 is 2.08 bits per heavy atom. The number of rotatable bonds is 3. The SMILES string of the molecule is C/C=C(\C)C(=O)OC/C1=C/CC/C(C)=C/[C@H]2OC(=O)C(C)=C2CC1. The van der Waals surface area contributed by atoms with Gasteiger partial charge in [0.05, 0.1) is 0 Å². The van der Waals surface area contributed by atoms with Crippen LogP contribution in [0.5, 0.6) is 0 Å². The van der Waals surface area contributed by atoms with E-state index in [0.717, 1.165) is 36.8 Å². The van der Waals surface area contributed by atoms with E-state index in [1.807, 2.05) is 13.8 Å². The lowest BCUT2D eigenvalue weighted by molar-refractivity contribution is -0.139. The molecular weight excluding hydrogens is 304 g/mol. The third-order valence-corrected chi connectivity index (χ3v) is 4.63. The van der Waals surface area contributed by atoms with Crippen molar-refractivity contribution in [3.8, 4) is 0 Å². The molecule has 1 heterocycles. The van der Waals surface area contributed by atoms with E-state index >= 15 is 0 Å². The zero-order valence-electron chi connectivity index (χ0n) is 15.0. The zero-order valence-corrected chi connectivity index (χ0v) is 15.0. The van der Waals surface area contributed by atoms with E-state index in [2.05, 4.69) is 19.1 Å². The highest BCUT2D eigenvalue weighted by Crippen LogP contribution is 2.31. The van der Waals surface area contributed by atoms with Crippen molar-refractivity contribution in [3.63, 3.8) is 0 Å². The molecule has 4 nitrogen and oxygen atoms in total. The number of hydrogen-bond acceptors (Lipinski definition) is 4. The third kappa shape index (κ3) is 4.47. The predicted molar refractivity (Wildman–Crippen MR) is 93.3 cm³/mol. The van der Waals surface area contributed by atoms with Gasteiger partial charge in [-0.25, -0.2) is 9.59 Å². The summed E-state index contributed by atoms with van der Waals surface area (Å²) in [5, 5.41) is 0. The monoisotopic (exact) mass is 330 g/mol. The molecule has 0 amide bonds. The number of esters is 2. The van der Waals surface area contributed by atoms with Gasteiger partial charge in [0, 0.05) is 11.1 Å². The van der Waals surface area contributed by atoms with Crippen LogP contribution in [0.4, 0.5) is 0 Å². The maximum atomic E-state index is 11.8. The van der Waals surface area contributed by atoms with Crippen LogP contribution in [0, 0.1) is 0 Å². The molecule has 24 heavy (non-hydrogen) atoms. The van der Waals surface area contributed by atoms with Crippen molar-refractivity contribution in [3.05, 3.63) is 46.1 Å². The van der Waals surface area contributed by atoms with Gasteiger partial charge in [-0.3, -0.25) is 0 Å². The first-order valence-corrected chi connectivity index (χ1v) is 8.48. The summed E-state index contributed by atoms with van der Waals surface area (Å²) < 4.78 is 10.8. The molecule has 1 aliphatic carbocycles. The first-order chi connectivity index (χ1) is 11.4. The van der Waals surface area contributed by atoms with Gasteiger partial charge in [-0.2, -0.15) is 0 Å². The first-order valence-electron chi connectivity index (χ1n) is 8.48. The molecule has 0 unspecified atom stereocenters. The summed E-state index contributed by atoms with van der Waals surface area (Å²) in [5.74, 6) is -0.502. The van der Waals surface area contributed by atoms with Crippen LogP contribution in [0.25, 0.3) is 0 Å². The molecule has 2 rings (SSSR count). The van der Waals surface area contributed by atoms with Gasteiger partial charge in [0.2, 0.25) is 0 Å². The Hall–Kier alpha value is -2.10. The Labute approximate surface area is 143 Å². The smallest absolute Gasteiger partial charge is 0.334 e. The highest BCUT2D eigenvalue weighted by atomic mass is 16.5. The molecule has 0 fully saturated rings. The molecule has 0 bridgehead atoms. The molecule has 4 heteroatoms. The summed E-state index contributed by atoms with van der Waals surface area (Å²) in [6.07, 6.45) is 9.05. The highest BCUT2D eigenvalue weighted by molar-refractivity contribution is 5.92. The molecule has 130 valence electrons. The van der Waals surface area contributed by atoms with Gasteiger partial charge in [0.1, 0.15) is 12.7 Å². The second kappa shape index (κ2) is 8.13. The van der Waals surface area contributed by atoms with E-state index in [-0.39, 0.29) is 18.0 Å². The highest BCUT2D eigenvalue weighted by Gasteiger charge is 2.29. The quantitative estimate of drug-likeness (QED) is 0.442. The standard InChI is InChI=1S/C20H26O4/c1-5-14(3)19(21)23-12-16-8-6-7-13(2)11-18-17(10-9-16)15(4)20(22)24-18/h5,8,11,18H,6-7,9-10,12H2,1-4H3/b13-11+,14-5+,16-8+/t18-/m1/s1. The van der Waals surface area contributed by atoms with Crippen molar-refractivity contribution >= 4 is 11.9 Å². The number of hydrogen-bond donors (Lipinski definition) is 0. The van der Waals surface area contributed by atoms with Crippen molar-refractivity contribution in [1.82, 2.24) is 0 Å². The van der Waals surface area contributed by atoms with Gasteiger partial charge in [-0.1, -0.05) is 17.7 Å². The summed E-state index contributed by atoms with van der Waals surface area (Å²) in [6.45, 7) is 7.76. The van der Waals surface area contributed by atoms with Crippen LogP contribution in [-0.2, 0) is 19.1 Å². The fourth-order valence-electron chi connectivity index (χ4n) is 2.85. The maximum absolute atomic E-state index is 11.8. The minimum Gasteiger partial charge on any atom is -0.458 e. The van der Waals surface area contributed by atoms with Crippen molar-refractivity contribution < 1.29 is 19.1 Å². The first kappa shape index (κ1) is 18.2. The van der Waals surface area contributed by atoms with E-state index in [0.29, 0.717) is 17.8 Å². The minimum atomic E-state index is -0.278. The van der Waals surface area contributed by atoms with Crippen LogP contribution < -0.4 is 0 Å². The Bertz CT molecular complexity index is 647. The van der Waals surface area contributed by atoms with Crippen LogP contribution in [0.3, 0.4) is 0 Å². The van der Waals surface area contributed by atoms with Gasteiger partial charge in [-0.05, 0) is 70.6 Å². The number of carbonyl (C=O) groups is 2. The lowest BCUT2D eigenvalue weighted by Crippen LogP contribution is -2.12. The second-order valence-electron chi connectivity index (χ2n) is 6.44. The van der Waals surface area contributed by atoms with Crippen molar-refractivity contribution in [1.29, 1.82) is 0 Å². The third-order valence-electron chi connectivity index (χ3n) is 4.63. The van der Waals surface area contributed by atoms with E-state index in [9.17, 15) is 9.59 Å². The van der Waals surface area contributed by atoms with Crippen molar-refractivity contribution in [2.75, 3.05) is 6.61 Å². The molecular formula is C20H26O4. The number of carbonyl (C=O) groups excluding carboxylic acids is 2.